The van der Waals surface area contributed by atoms with Crippen LogP contribution in [0.15, 0.2) is 79.0 Å². The van der Waals surface area contributed by atoms with E-state index in [-0.39, 0.29) is 34.8 Å². The van der Waals surface area contributed by atoms with Gasteiger partial charge in [-0.1, -0.05) is 41.4 Å². The minimum atomic E-state index is -0.591. The van der Waals surface area contributed by atoms with Crippen molar-refractivity contribution >= 4 is 52.6 Å². The predicted molar refractivity (Wildman–Crippen MR) is 186 cm³/mol. The molecule has 0 radical (unpaired) electrons. The molecule has 0 unspecified atom stereocenters. The lowest BCUT2D eigenvalue weighted by Crippen LogP contribution is -2.44. The number of amides is 3. The third-order valence-electron chi connectivity index (χ3n) is 7.48. The maximum atomic E-state index is 13.9. The Labute approximate surface area is 289 Å². The molecule has 250 valence electrons. The van der Waals surface area contributed by atoms with Crippen LogP contribution in [0, 0.1) is 0 Å². The number of pyridine rings is 1. The average Bonchev–Trinajstić information content (AvgIpc) is 3.06. The van der Waals surface area contributed by atoms with E-state index >= 15 is 0 Å². The van der Waals surface area contributed by atoms with Crippen molar-refractivity contribution in [1.29, 1.82) is 0 Å². The smallest absolute Gasteiger partial charge is 0.410 e. The summed E-state index contributed by atoms with van der Waals surface area (Å²) in [6.45, 7) is 6.40. The molecule has 3 aromatic carbocycles. The number of nitrogens with one attached hydrogen (secondary N) is 2. The number of halogens is 2. The molecule has 1 fully saturated rings. The fraction of sp³-hybridized carbons (Fsp3) is 0.278. The van der Waals surface area contributed by atoms with Crippen LogP contribution in [0.3, 0.4) is 0 Å². The normalized spacial score (nSPS) is 13.4. The molecule has 4 aromatic rings. The fourth-order valence-electron chi connectivity index (χ4n) is 5.07. The number of rotatable bonds is 8. The number of ether oxygens (including phenoxy) is 3. The van der Waals surface area contributed by atoms with Gasteiger partial charge in [0, 0.05) is 37.2 Å². The molecule has 0 spiro atoms. The van der Waals surface area contributed by atoms with Crippen LogP contribution in [0.5, 0.6) is 11.5 Å². The Morgan fingerprint density at radius 2 is 1.48 bits per heavy atom. The van der Waals surface area contributed by atoms with Gasteiger partial charge in [-0.2, -0.15) is 0 Å². The van der Waals surface area contributed by atoms with Crippen LogP contribution < -0.4 is 20.1 Å². The van der Waals surface area contributed by atoms with E-state index in [4.69, 9.17) is 37.4 Å². The molecule has 0 saturated carbocycles. The van der Waals surface area contributed by atoms with Crippen molar-refractivity contribution in [2.75, 3.05) is 30.8 Å². The number of hydrogen-bond acceptors (Lipinski definition) is 7. The number of carbonyl (C=O) groups excluding carboxylic acids is 3. The second kappa shape index (κ2) is 15.0. The summed E-state index contributed by atoms with van der Waals surface area (Å²) in [6, 6.07) is 20.7. The number of carbonyl (C=O) groups is 3. The lowest BCUT2D eigenvalue weighted by molar-refractivity contribution is 0.0126. The van der Waals surface area contributed by atoms with Gasteiger partial charge in [0.1, 0.15) is 29.0 Å². The van der Waals surface area contributed by atoms with Crippen LogP contribution in [-0.4, -0.2) is 59.7 Å². The van der Waals surface area contributed by atoms with Gasteiger partial charge in [0.15, 0.2) is 0 Å². The Bertz CT molecular complexity index is 1780. The first-order valence-electron chi connectivity index (χ1n) is 15.4. The van der Waals surface area contributed by atoms with Crippen LogP contribution in [0.2, 0.25) is 10.0 Å². The number of anilines is 2. The lowest BCUT2D eigenvalue weighted by atomic mass is 10.0. The maximum absolute atomic E-state index is 13.9. The standard InChI is InChI=1S/C36H36Cl2N4O6/c1-36(2,3)48-35(45)42-17-15-27(16-18-42)47-31-19-23(22-5-10-26(46-4)11-6-22)7-12-28(31)33(43)40-30-13-8-24(37)20-29(30)34(44)41-32-14-9-25(38)21-39-32/h5-14,19-21,27H,15-18H2,1-4H3,(H,40,43)(H,39,41,44). The molecule has 10 nitrogen and oxygen atoms in total. The van der Waals surface area contributed by atoms with Crippen LogP contribution >= 0.6 is 23.2 Å². The van der Waals surface area contributed by atoms with Gasteiger partial charge >= 0.3 is 6.09 Å². The summed E-state index contributed by atoms with van der Waals surface area (Å²) in [5.41, 5.74) is 1.79. The summed E-state index contributed by atoms with van der Waals surface area (Å²) >= 11 is 12.2. The van der Waals surface area contributed by atoms with Crippen molar-refractivity contribution in [3.63, 3.8) is 0 Å². The number of methoxy groups -OCH3 is 1. The highest BCUT2D eigenvalue weighted by atomic mass is 35.5. The zero-order chi connectivity index (χ0) is 34.4. The Morgan fingerprint density at radius 3 is 2.12 bits per heavy atom. The van der Waals surface area contributed by atoms with Gasteiger partial charge in [-0.05, 0) is 86.5 Å². The lowest BCUT2D eigenvalue weighted by Gasteiger charge is -2.33. The van der Waals surface area contributed by atoms with Gasteiger partial charge in [0.05, 0.1) is 28.9 Å². The van der Waals surface area contributed by atoms with E-state index in [2.05, 4.69) is 15.6 Å². The van der Waals surface area contributed by atoms with E-state index < -0.39 is 17.4 Å². The van der Waals surface area contributed by atoms with E-state index in [0.717, 1.165) is 16.9 Å². The molecule has 0 aliphatic carbocycles. The first kappa shape index (κ1) is 34.5. The molecule has 0 bridgehead atoms. The average molecular weight is 692 g/mol. The highest BCUT2D eigenvalue weighted by Crippen LogP contribution is 2.32. The molecule has 1 saturated heterocycles. The second-order valence-electron chi connectivity index (χ2n) is 12.2. The Balaban J connectivity index is 1.39. The first-order chi connectivity index (χ1) is 22.9. The number of nitrogens with zero attached hydrogens (tertiary/aromatic N) is 2. The van der Waals surface area contributed by atoms with Gasteiger partial charge < -0.3 is 29.7 Å². The number of piperidine rings is 1. The third kappa shape index (κ3) is 8.96. The first-order valence-corrected chi connectivity index (χ1v) is 16.1. The fourth-order valence-corrected chi connectivity index (χ4v) is 5.35. The van der Waals surface area contributed by atoms with Gasteiger partial charge in [-0.25, -0.2) is 9.78 Å². The number of hydrogen-bond donors (Lipinski definition) is 2. The quantitative estimate of drug-likeness (QED) is 0.191. The Hall–Kier alpha value is -4.80. The SMILES string of the molecule is COc1ccc(-c2ccc(C(=O)Nc3ccc(Cl)cc3C(=O)Nc3ccc(Cl)cn3)c(OC3CCN(C(=O)OC(C)(C)C)CC3)c2)cc1. The monoisotopic (exact) mass is 690 g/mol. The summed E-state index contributed by atoms with van der Waals surface area (Å²) < 4.78 is 17.3. The number of benzene rings is 3. The molecular weight excluding hydrogens is 655 g/mol. The molecule has 5 rings (SSSR count). The van der Waals surface area contributed by atoms with E-state index in [1.54, 1.807) is 42.3 Å². The van der Waals surface area contributed by atoms with Gasteiger partial charge in [0.25, 0.3) is 11.8 Å². The van der Waals surface area contributed by atoms with Crippen molar-refractivity contribution in [2.45, 2.75) is 45.3 Å². The molecule has 0 atom stereocenters. The van der Waals surface area contributed by atoms with Crippen molar-refractivity contribution < 1.29 is 28.6 Å². The van der Waals surface area contributed by atoms with Crippen molar-refractivity contribution in [3.8, 4) is 22.6 Å². The van der Waals surface area contributed by atoms with Crippen molar-refractivity contribution in [2.24, 2.45) is 0 Å². The highest BCUT2D eigenvalue weighted by Gasteiger charge is 2.29. The van der Waals surface area contributed by atoms with E-state index in [9.17, 15) is 14.4 Å². The molecular formula is C36H36Cl2N4O6. The number of aromatic nitrogens is 1. The van der Waals surface area contributed by atoms with E-state index in [1.165, 1.54) is 12.3 Å². The number of likely N-dealkylation sites (tertiary alicyclic amines) is 1. The Morgan fingerprint density at radius 1 is 0.812 bits per heavy atom. The summed E-state index contributed by atoms with van der Waals surface area (Å²) in [5.74, 6) is 0.354. The predicted octanol–water partition coefficient (Wildman–Crippen LogP) is 8.35. The van der Waals surface area contributed by atoms with E-state index in [1.807, 2.05) is 57.2 Å². The summed E-state index contributed by atoms with van der Waals surface area (Å²) in [7, 11) is 1.60. The van der Waals surface area contributed by atoms with Crippen molar-refractivity contribution in [3.05, 3.63) is 100 Å². The topological polar surface area (TPSA) is 119 Å². The summed E-state index contributed by atoms with van der Waals surface area (Å²) in [4.78, 5) is 45.5. The van der Waals surface area contributed by atoms with Crippen LogP contribution in [0.1, 0.15) is 54.3 Å². The van der Waals surface area contributed by atoms with Crippen LogP contribution in [-0.2, 0) is 4.74 Å². The molecule has 12 heteroatoms. The molecule has 2 heterocycles. The Kier molecular flexibility index (Phi) is 10.8. The minimum absolute atomic E-state index is 0.138. The van der Waals surface area contributed by atoms with Gasteiger partial charge in [-0.3, -0.25) is 9.59 Å². The molecule has 2 N–H and O–H groups in total. The zero-order valence-electron chi connectivity index (χ0n) is 27.0. The largest absolute Gasteiger partial charge is 0.497 e. The maximum Gasteiger partial charge on any atom is 0.410 e. The van der Waals surface area contributed by atoms with E-state index in [0.29, 0.717) is 41.7 Å². The summed E-state index contributed by atoms with van der Waals surface area (Å²) in [5, 5.41) is 6.30. The highest BCUT2D eigenvalue weighted by molar-refractivity contribution is 6.31. The summed E-state index contributed by atoms with van der Waals surface area (Å²) in [6.07, 6.45) is 1.89. The molecule has 48 heavy (non-hydrogen) atoms. The van der Waals surface area contributed by atoms with Crippen LogP contribution in [0.25, 0.3) is 11.1 Å². The molecule has 1 aliphatic heterocycles. The molecule has 3 amide bonds. The zero-order valence-corrected chi connectivity index (χ0v) is 28.5. The molecule has 1 aliphatic rings. The van der Waals surface area contributed by atoms with Gasteiger partial charge in [-0.15, -0.1) is 0 Å². The second-order valence-corrected chi connectivity index (χ2v) is 13.1. The third-order valence-corrected chi connectivity index (χ3v) is 7.94. The van der Waals surface area contributed by atoms with Gasteiger partial charge in [0.2, 0.25) is 0 Å². The minimum Gasteiger partial charge on any atom is -0.497 e. The van der Waals surface area contributed by atoms with Crippen LogP contribution in [0.4, 0.5) is 16.3 Å². The molecule has 1 aromatic heterocycles. The van der Waals surface area contributed by atoms with Crippen molar-refractivity contribution in [1.82, 2.24) is 9.88 Å².